The largest absolute Gasteiger partial charge is 0.496 e. The highest BCUT2D eigenvalue weighted by Gasteiger charge is 2.12. The summed E-state index contributed by atoms with van der Waals surface area (Å²) < 4.78 is 10.5. The van der Waals surface area contributed by atoms with Gasteiger partial charge in [0, 0.05) is 29.8 Å². The second kappa shape index (κ2) is 5.52. The monoisotopic (exact) mass is 275 g/mol. The Morgan fingerprint density at radius 3 is 2.30 bits per heavy atom. The quantitative estimate of drug-likeness (QED) is 0.706. The van der Waals surface area contributed by atoms with E-state index in [0.29, 0.717) is 29.4 Å². The van der Waals surface area contributed by atoms with Gasteiger partial charge in [-0.25, -0.2) is 4.98 Å². The van der Waals surface area contributed by atoms with Crippen LogP contribution in [0.5, 0.6) is 11.5 Å². The smallest absolute Gasteiger partial charge is 0.221 e. The molecule has 1 heterocycles. The van der Waals surface area contributed by atoms with E-state index in [1.165, 1.54) is 0 Å². The summed E-state index contributed by atoms with van der Waals surface area (Å²) >= 11 is 0. The Kier molecular flexibility index (Phi) is 3.79. The molecule has 1 aromatic carbocycles. The molecule has 0 atom stereocenters. The third-order valence-electron chi connectivity index (χ3n) is 2.93. The number of hydrogen-bond acceptors (Lipinski definition) is 7. The summed E-state index contributed by atoms with van der Waals surface area (Å²) in [4.78, 5) is 7.87. The van der Waals surface area contributed by atoms with Crippen molar-refractivity contribution in [3.05, 3.63) is 29.5 Å². The molecule has 7 nitrogen and oxygen atoms in total. The van der Waals surface area contributed by atoms with Gasteiger partial charge in [0.2, 0.25) is 5.95 Å². The van der Waals surface area contributed by atoms with E-state index >= 15 is 0 Å². The molecule has 2 rings (SSSR count). The maximum Gasteiger partial charge on any atom is 0.221 e. The molecule has 1 aromatic heterocycles. The van der Waals surface area contributed by atoms with E-state index < -0.39 is 0 Å². The maximum atomic E-state index is 5.85. The van der Waals surface area contributed by atoms with Crippen molar-refractivity contribution in [2.24, 2.45) is 0 Å². The van der Waals surface area contributed by atoms with Gasteiger partial charge in [-0.05, 0) is 6.07 Å². The van der Waals surface area contributed by atoms with E-state index in [2.05, 4.69) is 9.97 Å². The molecular formula is C13H17N5O2. The van der Waals surface area contributed by atoms with Gasteiger partial charge in [-0.15, -0.1) is 0 Å². The van der Waals surface area contributed by atoms with Crippen molar-refractivity contribution in [2.75, 3.05) is 31.4 Å². The molecule has 2 aromatic rings. The maximum absolute atomic E-state index is 5.85. The minimum absolute atomic E-state index is 0.146. The average Bonchev–Trinajstić information content (AvgIpc) is 2.43. The normalized spacial score (nSPS) is 10.3. The van der Waals surface area contributed by atoms with Crippen LogP contribution < -0.4 is 26.7 Å². The zero-order valence-corrected chi connectivity index (χ0v) is 11.4. The molecule has 0 saturated carbocycles. The van der Waals surface area contributed by atoms with E-state index in [4.69, 9.17) is 26.7 Å². The lowest BCUT2D eigenvalue weighted by molar-refractivity contribution is 0.401. The number of nitrogen functional groups attached to an aromatic ring is 3. The van der Waals surface area contributed by atoms with Crippen LogP contribution >= 0.6 is 0 Å². The molecule has 0 unspecified atom stereocenters. The van der Waals surface area contributed by atoms with Gasteiger partial charge < -0.3 is 26.7 Å². The topological polar surface area (TPSA) is 122 Å². The summed E-state index contributed by atoms with van der Waals surface area (Å²) in [5.74, 6) is 1.72. The van der Waals surface area contributed by atoms with E-state index in [9.17, 15) is 0 Å². The van der Waals surface area contributed by atoms with Crippen molar-refractivity contribution in [2.45, 2.75) is 6.42 Å². The van der Waals surface area contributed by atoms with Crippen molar-refractivity contribution in [3.8, 4) is 11.5 Å². The zero-order chi connectivity index (χ0) is 14.7. The summed E-state index contributed by atoms with van der Waals surface area (Å²) in [5, 5.41) is 0. The number of aromatic nitrogens is 2. The molecule has 0 radical (unpaired) electrons. The SMILES string of the molecule is COc1cc(Cc2cnc(N)nc2N)c(OC)cc1N. The number of anilines is 3. The standard InChI is InChI=1S/C13H17N5O2/c1-19-10-5-9(14)11(20-2)4-7(10)3-8-6-17-13(16)18-12(8)15/h4-6H,3,14H2,1-2H3,(H4,15,16,17,18). The zero-order valence-electron chi connectivity index (χ0n) is 11.4. The average molecular weight is 275 g/mol. The van der Waals surface area contributed by atoms with Crippen LogP contribution in [0.15, 0.2) is 18.3 Å². The fourth-order valence-electron chi connectivity index (χ4n) is 1.90. The first kappa shape index (κ1) is 13.7. The first-order valence-electron chi connectivity index (χ1n) is 5.92. The highest BCUT2D eigenvalue weighted by molar-refractivity contribution is 5.60. The van der Waals surface area contributed by atoms with Crippen LogP contribution in [0.25, 0.3) is 0 Å². The Bertz CT molecular complexity index is 630. The molecule has 0 aliphatic carbocycles. The van der Waals surface area contributed by atoms with Crippen LogP contribution in [0, 0.1) is 0 Å². The molecule has 0 aliphatic rings. The fraction of sp³-hybridized carbons (Fsp3) is 0.231. The Morgan fingerprint density at radius 1 is 1.00 bits per heavy atom. The number of ether oxygens (including phenoxy) is 2. The molecule has 20 heavy (non-hydrogen) atoms. The van der Waals surface area contributed by atoms with Crippen LogP contribution in [-0.4, -0.2) is 24.2 Å². The molecule has 106 valence electrons. The molecular weight excluding hydrogens is 258 g/mol. The summed E-state index contributed by atoms with van der Waals surface area (Å²) in [7, 11) is 3.14. The lowest BCUT2D eigenvalue weighted by Gasteiger charge is -2.13. The lowest BCUT2D eigenvalue weighted by Crippen LogP contribution is -2.05. The van der Waals surface area contributed by atoms with Crippen LogP contribution in [-0.2, 0) is 6.42 Å². The number of rotatable bonds is 4. The van der Waals surface area contributed by atoms with Gasteiger partial charge in [0.05, 0.1) is 19.9 Å². The second-order valence-corrected chi connectivity index (χ2v) is 4.22. The third kappa shape index (κ3) is 2.66. The van der Waals surface area contributed by atoms with Crippen molar-refractivity contribution < 1.29 is 9.47 Å². The molecule has 0 spiro atoms. The van der Waals surface area contributed by atoms with Crippen molar-refractivity contribution in [1.29, 1.82) is 0 Å². The summed E-state index contributed by atoms with van der Waals surface area (Å²) in [6, 6.07) is 3.52. The molecule has 7 heteroatoms. The summed E-state index contributed by atoms with van der Waals surface area (Å²) in [5.41, 5.74) is 19.3. The Morgan fingerprint density at radius 2 is 1.70 bits per heavy atom. The van der Waals surface area contributed by atoms with Gasteiger partial charge in [0.1, 0.15) is 17.3 Å². The Balaban J connectivity index is 2.41. The molecule has 0 bridgehead atoms. The minimum atomic E-state index is 0.146. The van der Waals surface area contributed by atoms with Crippen molar-refractivity contribution in [1.82, 2.24) is 9.97 Å². The third-order valence-corrected chi connectivity index (χ3v) is 2.93. The first-order valence-corrected chi connectivity index (χ1v) is 5.92. The highest BCUT2D eigenvalue weighted by atomic mass is 16.5. The van der Waals surface area contributed by atoms with Gasteiger partial charge in [-0.1, -0.05) is 0 Å². The van der Waals surface area contributed by atoms with E-state index in [-0.39, 0.29) is 5.95 Å². The van der Waals surface area contributed by atoms with E-state index in [1.54, 1.807) is 26.5 Å². The lowest BCUT2D eigenvalue weighted by atomic mass is 10.0. The minimum Gasteiger partial charge on any atom is -0.496 e. The molecule has 0 fully saturated rings. The first-order chi connectivity index (χ1) is 9.55. The van der Waals surface area contributed by atoms with E-state index in [0.717, 1.165) is 11.1 Å². The molecule has 0 amide bonds. The number of nitrogens with two attached hydrogens (primary N) is 3. The predicted octanol–water partition coefficient (Wildman–Crippen LogP) is 0.831. The van der Waals surface area contributed by atoms with Crippen LogP contribution in [0.3, 0.4) is 0 Å². The van der Waals surface area contributed by atoms with Gasteiger partial charge in [0.25, 0.3) is 0 Å². The number of hydrogen-bond donors (Lipinski definition) is 3. The van der Waals surface area contributed by atoms with E-state index in [1.807, 2.05) is 6.07 Å². The number of benzene rings is 1. The Hall–Kier alpha value is -2.70. The molecule has 6 N–H and O–H groups in total. The van der Waals surface area contributed by atoms with Crippen molar-refractivity contribution in [3.63, 3.8) is 0 Å². The Labute approximate surface area is 116 Å². The fourth-order valence-corrected chi connectivity index (χ4v) is 1.90. The van der Waals surface area contributed by atoms with Gasteiger partial charge >= 0.3 is 0 Å². The van der Waals surface area contributed by atoms with Crippen LogP contribution in [0.1, 0.15) is 11.1 Å². The van der Waals surface area contributed by atoms with Gasteiger partial charge in [0.15, 0.2) is 0 Å². The van der Waals surface area contributed by atoms with Gasteiger partial charge in [-0.3, -0.25) is 0 Å². The molecule has 0 saturated heterocycles. The summed E-state index contributed by atoms with van der Waals surface area (Å²) in [6.07, 6.45) is 2.09. The number of nitrogens with zero attached hydrogens (tertiary/aromatic N) is 2. The molecule has 0 aliphatic heterocycles. The highest BCUT2D eigenvalue weighted by Crippen LogP contribution is 2.32. The van der Waals surface area contributed by atoms with Gasteiger partial charge in [-0.2, -0.15) is 4.98 Å². The second-order valence-electron chi connectivity index (χ2n) is 4.22. The summed E-state index contributed by atoms with van der Waals surface area (Å²) in [6.45, 7) is 0. The number of methoxy groups -OCH3 is 2. The predicted molar refractivity (Wildman–Crippen MR) is 77.6 cm³/mol. The van der Waals surface area contributed by atoms with Crippen LogP contribution in [0.4, 0.5) is 17.5 Å². The van der Waals surface area contributed by atoms with Crippen molar-refractivity contribution >= 4 is 17.5 Å². The van der Waals surface area contributed by atoms with Crippen LogP contribution in [0.2, 0.25) is 0 Å².